The standard InChI is InChI=1S/C31H33N4P2.C5H5.Fe/c36-19-27-24-13-20-12-21(14-24)18-30(27,17-20)25-15-23(22-6-2-1-3-7-22)16-26(25)31(37,28-32-8-4-9-33-28)29-34-10-5-11-35-29;1-2-4-5-3-1;/h1-11,15-16,20-21,24,27H,12-14,17-19,36-37H2;1-5H;/q2*-1;+2. The van der Waals surface area contributed by atoms with Crippen LogP contribution in [0.3, 0.4) is 0 Å². The summed E-state index contributed by atoms with van der Waals surface area (Å²) in [5.41, 5.74) is 5.41. The van der Waals surface area contributed by atoms with E-state index in [1.54, 1.807) is 0 Å². The van der Waals surface area contributed by atoms with Gasteiger partial charge >= 0.3 is 17.1 Å². The number of rotatable bonds is 5. The Kier molecular flexibility index (Phi) is 9.09. The smallest absolute Gasteiger partial charge is 0.240 e. The van der Waals surface area contributed by atoms with Crippen molar-refractivity contribution in [1.29, 1.82) is 0 Å². The molecule has 3 aromatic rings. The van der Waals surface area contributed by atoms with Crippen molar-refractivity contribution in [2.45, 2.75) is 37.3 Å². The Morgan fingerprint density at radius 2 is 1.47 bits per heavy atom. The summed E-state index contributed by atoms with van der Waals surface area (Å²) in [6.07, 6.45) is 31.0. The molecule has 0 saturated heterocycles. The Labute approximate surface area is 271 Å². The van der Waals surface area contributed by atoms with Crippen molar-refractivity contribution in [3.05, 3.63) is 144 Å². The van der Waals surface area contributed by atoms with Crippen LogP contribution in [0.2, 0.25) is 0 Å². The van der Waals surface area contributed by atoms with E-state index in [-0.39, 0.29) is 22.5 Å². The molecule has 9 rings (SSSR count). The molecule has 7 heteroatoms. The molecular formula is C36H38FeN4P2. The minimum atomic E-state index is -0.736. The summed E-state index contributed by atoms with van der Waals surface area (Å²) in [6.45, 7) is 0. The molecule has 0 spiro atoms. The summed E-state index contributed by atoms with van der Waals surface area (Å²) in [5, 5.41) is -0.736. The van der Waals surface area contributed by atoms with Crippen LogP contribution >= 0.6 is 18.5 Å². The van der Waals surface area contributed by atoms with Gasteiger partial charge in [-0.2, -0.15) is 18.2 Å². The molecule has 5 atom stereocenters. The maximum atomic E-state index is 4.80. The van der Waals surface area contributed by atoms with Gasteiger partial charge in [-0.05, 0) is 90.6 Å². The predicted octanol–water partition coefficient (Wildman–Crippen LogP) is 7.60. The van der Waals surface area contributed by atoms with E-state index in [1.807, 2.05) is 67.3 Å². The van der Waals surface area contributed by atoms with Crippen LogP contribution in [-0.2, 0) is 22.2 Å². The van der Waals surface area contributed by atoms with Crippen LogP contribution in [0.4, 0.5) is 0 Å². The van der Waals surface area contributed by atoms with Gasteiger partial charge in [-0.3, -0.25) is 0 Å². The fraction of sp³-hybridized carbons (Fsp3) is 0.333. The number of hydrogen-bond donors (Lipinski definition) is 0. The van der Waals surface area contributed by atoms with Crippen molar-refractivity contribution in [2.75, 3.05) is 6.16 Å². The van der Waals surface area contributed by atoms with Gasteiger partial charge in [0.1, 0.15) is 16.8 Å². The fourth-order valence-corrected chi connectivity index (χ4v) is 10.1. The van der Waals surface area contributed by atoms with Gasteiger partial charge in [0.25, 0.3) is 0 Å². The van der Waals surface area contributed by atoms with E-state index in [4.69, 9.17) is 19.9 Å². The number of allylic oxidation sites excluding steroid dienone is 10. The largest absolute Gasteiger partial charge is 2.00 e. The van der Waals surface area contributed by atoms with E-state index in [1.165, 1.54) is 54.4 Å². The second-order valence-corrected chi connectivity index (χ2v) is 13.8. The zero-order valence-electron chi connectivity index (χ0n) is 24.2. The summed E-state index contributed by atoms with van der Waals surface area (Å²) in [7, 11) is 6.24. The molecule has 2 aromatic heterocycles. The third kappa shape index (κ3) is 5.49. The summed E-state index contributed by atoms with van der Waals surface area (Å²) >= 11 is 0. The Balaban J connectivity index is 0.000000500. The number of nitrogens with zero attached hydrogens (tertiary/aromatic N) is 4. The quantitative estimate of drug-likeness (QED) is 0.163. The first kappa shape index (κ1) is 30.5. The van der Waals surface area contributed by atoms with Crippen LogP contribution in [0.5, 0.6) is 0 Å². The van der Waals surface area contributed by atoms with Gasteiger partial charge in [0, 0.05) is 24.8 Å². The number of aromatic nitrogens is 4. The molecule has 4 nitrogen and oxygen atoms in total. The van der Waals surface area contributed by atoms with E-state index in [2.05, 4.69) is 61.4 Å². The first-order chi connectivity index (χ1) is 20.6. The topological polar surface area (TPSA) is 51.6 Å². The molecular weight excluding hydrogens is 606 g/mol. The van der Waals surface area contributed by atoms with Crippen LogP contribution < -0.4 is 0 Å². The Hall–Kier alpha value is -2.54. The summed E-state index contributed by atoms with van der Waals surface area (Å²) < 4.78 is 0. The van der Waals surface area contributed by atoms with Crippen LogP contribution in [0.15, 0.2) is 126 Å². The fourth-order valence-electron chi connectivity index (χ4n) is 8.69. The van der Waals surface area contributed by atoms with Gasteiger partial charge < -0.3 is 0 Å². The molecule has 0 N–H and O–H groups in total. The molecule has 0 radical (unpaired) electrons. The Morgan fingerprint density at radius 1 is 0.837 bits per heavy atom. The molecule has 4 fully saturated rings. The van der Waals surface area contributed by atoms with Crippen LogP contribution in [0.25, 0.3) is 0 Å². The predicted molar refractivity (Wildman–Crippen MR) is 176 cm³/mol. The average molecular weight is 645 g/mol. The molecule has 6 aliphatic carbocycles. The molecule has 5 unspecified atom stereocenters. The van der Waals surface area contributed by atoms with Crippen molar-refractivity contribution in [1.82, 2.24) is 19.9 Å². The average Bonchev–Trinajstić information content (AvgIpc) is 3.77. The van der Waals surface area contributed by atoms with Gasteiger partial charge in [-0.1, -0.05) is 17.7 Å². The molecule has 6 aliphatic rings. The third-order valence-electron chi connectivity index (χ3n) is 10.1. The van der Waals surface area contributed by atoms with Gasteiger partial charge in [-0.25, -0.2) is 32.1 Å². The minimum absolute atomic E-state index is 0. The first-order valence-electron chi connectivity index (χ1n) is 15.2. The van der Waals surface area contributed by atoms with E-state index in [0.29, 0.717) is 5.92 Å². The van der Waals surface area contributed by atoms with Gasteiger partial charge in [0.15, 0.2) is 0 Å². The molecule has 1 aromatic carbocycles. The molecule has 4 bridgehead atoms. The zero-order valence-corrected chi connectivity index (χ0v) is 27.7. The van der Waals surface area contributed by atoms with Crippen molar-refractivity contribution in [3.8, 4) is 0 Å². The molecule has 4 saturated carbocycles. The van der Waals surface area contributed by atoms with Crippen LogP contribution in [0, 0.1) is 35.5 Å². The summed E-state index contributed by atoms with van der Waals surface area (Å²) in [5.74, 6) is 4.64. The second kappa shape index (κ2) is 12.8. The van der Waals surface area contributed by atoms with E-state index >= 15 is 0 Å². The van der Waals surface area contributed by atoms with Crippen molar-refractivity contribution in [2.24, 2.45) is 29.1 Å². The molecule has 2 heterocycles. The molecule has 0 amide bonds. The van der Waals surface area contributed by atoms with Gasteiger partial charge in [0.05, 0.1) is 0 Å². The van der Waals surface area contributed by atoms with Crippen molar-refractivity contribution >= 4 is 18.5 Å². The summed E-state index contributed by atoms with van der Waals surface area (Å²) in [4.78, 5) is 19.2. The first-order valence-corrected chi connectivity index (χ1v) is 16.6. The van der Waals surface area contributed by atoms with Crippen molar-refractivity contribution in [3.63, 3.8) is 0 Å². The SMILES string of the molecule is PCC1C2CC3CC(C2)CC1(C1=CC(=C2C=CC=C[CH-]2)C=C1C(P)(c1ncccn1)c1ncccn1)C3.[Fe+2].c1cc[cH-]c1. The normalized spacial score (nSPS) is 30.1. The Bertz CT molecular complexity index is 1490. The number of hydrogen-bond acceptors (Lipinski definition) is 4. The molecule has 0 aliphatic heterocycles. The van der Waals surface area contributed by atoms with E-state index in [0.717, 1.165) is 35.6 Å². The maximum absolute atomic E-state index is 4.80. The zero-order chi connectivity index (χ0) is 28.6. The van der Waals surface area contributed by atoms with Crippen molar-refractivity contribution < 1.29 is 17.1 Å². The molecule has 220 valence electrons. The summed E-state index contributed by atoms with van der Waals surface area (Å²) in [6, 6.07) is 13.8. The van der Waals surface area contributed by atoms with Crippen LogP contribution in [-0.4, -0.2) is 26.1 Å². The third-order valence-corrected chi connectivity index (χ3v) is 11.5. The second-order valence-electron chi connectivity index (χ2n) is 12.5. The van der Waals surface area contributed by atoms with Crippen LogP contribution in [0.1, 0.15) is 43.8 Å². The monoisotopic (exact) mass is 644 g/mol. The van der Waals surface area contributed by atoms with Gasteiger partial charge in [0.2, 0.25) is 0 Å². The molecule has 43 heavy (non-hydrogen) atoms. The minimum Gasteiger partial charge on any atom is -0.240 e. The Morgan fingerprint density at radius 3 is 1.98 bits per heavy atom. The van der Waals surface area contributed by atoms with Gasteiger partial charge in [-0.15, -0.1) is 54.8 Å². The van der Waals surface area contributed by atoms with E-state index in [9.17, 15) is 0 Å². The van der Waals surface area contributed by atoms with E-state index < -0.39 is 5.16 Å². The maximum Gasteiger partial charge on any atom is 2.00 e.